The molecule has 0 spiro atoms. The Morgan fingerprint density at radius 2 is 2.00 bits per heavy atom. The number of esters is 1. The molecule has 0 aromatic carbocycles. The minimum Gasteiger partial charge on any atom is -0.468 e. The first kappa shape index (κ1) is 14.1. The van der Waals surface area contributed by atoms with Crippen molar-refractivity contribution in [3.8, 4) is 0 Å². The third kappa shape index (κ3) is 6.23. The van der Waals surface area contributed by atoms with Crippen molar-refractivity contribution in [2.45, 2.75) is 18.6 Å². The average Bonchev–Trinajstić information content (AvgIpc) is 1.82. The molecule has 7 heteroatoms. The summed E-state index contributed by atoms with van der Waals surface area (Å²) in [5.41, 5.74) is 4.82. The second-order valence-electron chi connectivity index (χ2n) is 1.95. The van der Waals surface area contributed by atoms with E-state index in [-0.39, 0.29) is 12.4 Å². The van der Waals surface area contributed by atoms with E-state index in [2.05, 4.69) is 4.74 Å². The van der Waals surface area contributed by atoms with Crippen LogP contribution in [0.2, 0.25) is 0 Å². The van der Waals surface area contributed by atoms with Crippen LogP contribution >= 0.6 is 12.4 Å². The van der Waals surface area contributed by atoms with E-state index in [1.807, 2.05) is 0 Å². The lowest BCUT2D eigenvalue weighted by Gasteiger charge is -2.10. The van der Waals surface area contributed by atoms with Crippen molar-refractivity contribution < 1.29 is 22.7 Å². The molecule has 0 amide bonds. The molecule has 2 N–H and O–H groups in total. The standard InChI is InChI=1S/C5H8F3NO2.ClH/c1-11-4(10)3(9)2-5(6,7)8;/h3H,2,9H2,1H3;1H. The summed E-state index contributed by atoms with van der Waals surface area (Å²) in [5, 5.41) is 0. The summed E-state index contributed by atoms with van der Waals surface area (Å²) < 4.78 is 38.5. The monoisotopic (exact) mass is 207 g/mol. The topological polar surface area (TPSA) is 52.3 Å². The van der Waals surface area contributed by atoms with Crippen molar-refractivity contribution in [2.24, 2.45) is 5.73 Å². The predicted molar refractivity (Wildman–Crippen MR) is 37.9 cm³/mol. The number of carbonyl (C=O) groups excluding carboxylic acids is 1. The van der Waals surface area contributed by atoms with Gasteiger partial charge in [-0.05, 0) is 0 Å². The maximum Gasteiger partial charge on any atom is 0.391 e. The van der Waals surface area contributed by atoms with Crippen LogP contribution < -0.4 is 5.73 Å². The molecule has 0 rings (SSSR count). The van der Waals surface area contributed by atoms with Crippen LogP contribution in [0.1, 0.15) is 6.42 Å². The van der Waals surface area contributed by atoms with Gasteiger partial charge in [-0.3, -0.25) is 4.79 Å². The Morgan fingerprint density at radius 1 is 1.58 bits per heavy atom. The minimum atomic E-state index is -4.42. The Labute approximate surface area is 73.5 Å². The summed E-state index contributed by atoms with van der Waals surface area (Å²) in [6.07, 6.45) is -5.77. The molecule has 0 aromatic rings. The van der Waals surface area contributed by atoms with E-state index in [4.69, 9.17) is 5.73 Å². The molecule has 0 aliphatic heterocycles. The van der Waals surface area contributed by atoms with E-state index < -0.39 is 24.6 Å². The van der Waals surface area contributed by atoms with Crippen LogP contribution in [-0.4, -0.2) is 25.3 Å². The largest absolute Gasteiger partial charge is 0.468 e. The summed E-state index contributed by atoms with van der Waals surface area (Å²) in [6.45, 7) is 0. The van der Waals surface area contributed by atoms with Gasteiger partial charge < -0.3 is 10.5 Å². The molecule has 0 heterocycles. The van der Waals surface area contributed by atoms with Gasteiger partial charge in [-0.15, -0.1) is 12.4 Å². The molecule has 0 radical (unpaired) electrons. The first-order chi connectivity index (χ1) is 4.87. The zero-order valence-corrected chi connectivity index (χ0v) is 7.04. The van der Waals surface area contributed by atoms with Gasteiger partial charge in [0.25, 0.3) is 0 Å². The highest BCUT2D eigenvalue weighted by atomic mass is 35.5. The van der Waals surface area contributed by atoms with Gasteiger partial charge in [-0.2, -0.15) is 13.2 Å². The Bertz CT molecular complexity index is 150. The summed E-state index contributed by atoms with van der Waals surface area (Å²) in [4.78, 5) is 10.3. The molecule has 0 bridgehead atoms. The molecular formula is C5H9ClF3NO2. The first-order valence-electron chi connectivity index (χ1n) is 2.77. The van der Waals surface area contributed by atoms with Crippen LogP contribution in [-0.2, 0) is 9.53 Å². The molecule has 3 nitrogen and oxygen atoms in total. The van der Waals surface area contributed by atoms with E-state index in [1.54, 1.807) is 0 Å². The molecule has 0 aromatic heterocycles. The number of carbonyl (C=O) groups is 1. The number of methoxy groups -OCH3 is 1. The quantitative estimate of drug-likeness (QED) is 0.684. The number of nitrogens with two attached hydrogens (primary N) is 1. The van der Waals surface area contributed by atoms with Gasteiger partial charge in [0.1, 0.15) is 6.04 Å². The van der Waals surface area contributed by atoms with Crippen LogP contribution in [0.3, 0.4) is 0 Å². The smallest absolute Gasteiger partial charge is 0.391 e. The van der Waals surface area contributed by atoms with Crippen LogP contribution in [0.5, 0.6) is 0 Å². The molecule has 0 fully saturated rings. The van der Waals surface area contributed by atoms with Crippen LogP contribution in [0.15, 0.2) is 0 Å². The number of alkyl halides is 3. The van der Waals surface area contributed by atoms with Crippen molar-refractivity contribution in [2.75, 3.05) is 7.11 Å². The van der Waals surface area contributed by atoms with Gasteiger partial charge in [-0.25, -0.2) is 0 Å². The van der Waals surface area contributed by atoms with E-state index in [0.717, 1.165) is 7.11 Å². The Hall–Kier alpha value is -0.490. The third-order valence-corrected chi connectivity index (χ3v) is 0.955. The van der Waals surface area contributed by atoms with Gasteiger partial charge in [0, 0.05) is 0 Å². The molecule has 1 unspecified atom stereocenters. The fourth-order valence-electron chi connectivity index (χ4n) is 0.484. The van der Waals surface area contributed by atoms with E-state index >= 15 is 0 Å². The van der Waals surface area contributed by atoms with Crippen LogP contribution in [0.25, 0.3) is 0 Å². The molecule has 74 valence electrons. The Kier molecular flexibility index (Phi) is 6.10. The maximum atomic E-state index is 11.5. The maximum absolute atomic E-state index is 11.5. The fourth-order valence-corrected chi connectivity index (χ4v) is 0.484. The van der Waals surface area contributed by atoms with Gasteiger partial charge in [0.05, 0.1) is 13.5 Å². The highest BCUT2D eigenvalue weighted by molar-refractivity contribution is 5.85. The van der Waals surface area contributed by atoms with Crippen molar-refractivity contribution >= 4 is 18.4 Å². The summed E-state index contributed by atoms with van der Waals surface area (Å²) in [6, 6.07) is -1.61. The van der Waals surface area contributed by atoms with Crippen molar-refractivity contribution in [1.82, 2.24) is 0 Å². The molecule has 0 aliphatic carbocycles. The lowest BCUT2D eigenvalue weighted by Crippen LogP contribution is -2.36. The number of hydrogen-bond donors (Lipinski definition) is 1. The average molecular weight is 208 g/mol. The molecule has 12 heavy (non-hydrogen) atoms. The summed E-state index contributed by atoms with van der Waals surface area (Å²) in [5.74, 6) is -1.05. The SMILES string of the molecule is COC(=O)C(N)CC(F)(F)F.Cl. The summed E-state index contributed by atoms with van der Waals surface area (Å²) >= 11 is 0. The van der Waals surface area contributed by atoms with Gasteiger partial charge >= 0.3 is 12.1 Å². The predicted octanol–water partition coefficient (Wildman–Crippen LogP) is 0.861. The van der Waals surface area contributed by atoms with Crippen molar-refractivity contribution in [3.05, 3.63) is 0 Å². The Morgan fingerprint density at radius 3 is 2.25 bits per heavy atom. The number of hydrogen-bond acceptors (Lipinski definition) is 3. The number of ether oxygens (including phenoxy) is 1. The van der Waals surface area contributed by atoms with E-state index in [1.165, 1.54) is 0 Å². The zero-order valence-electron chi connectivity index (χ0n) is 6.22. The van der Waals surface area contributed by atoms with Crippen LogP contribution in [0.4, 0.5) is 13.2 Å². The zero-order chi connectivity index (χ0) is 9.07. The second kappa shape index (κ2) is 5.21. The van der Waals surface area contributed by atoms with E-state index in [0.29, 0.717) is 0 Å². The fraction of sp³-hybridized carbons (Fsp3) is 0.800. The molecule has 0 saturated carbocycles. The molecular weight excluding hydrogens is 199 g/mol. The van der Waals surface area contributed by atoms with Gasteiger partial charge in [-0.1, -0.05) is 0 Å². The Balaban J connectivity index is 0. The second-order valence-corrected chi connectivity index (χ2v) is 1.95. The highest BCUT2D eigenvalue weighted by Gasteiger charge is 2.33. The van der Waals surface area contributed by atoms with Crippen molar-refractivity contribution in [1.29, 1.82) is 0 Å². The number of halogens is 4. The highest BCUT2D eigenvalue weighted by Crippen LogP contribution is 2.20. The van der Waals surface area contributed by atoms with Gasteiger partial charge in [0.15, 0.2) is 0 Å². The first-order valence-corrected chi connectivity index (χ1v) is 2.77. The van der Waals surface area contributed by atoms with E-state index in [9.17, 15) is 18.0 Å². The number of rotatable bonds is 2. The molecule has 1 atom stereocenters. The van der Waals surface area contributed by atoms with Gasteiger partial charge in [0.2, 0.25) is 0 Å². The lowest BCUT2D eigenvalue weighted by molar-refractivity contribution is -0.158. The molecule has 0 saturated heterocycles. The molecule has 0 aliphatic rings. The third-order valence-electron chi connectivity index (χ3n) is 0.955. The normalized spacial score (nSPS) is 13.1. The minimum absolute atomic E-state index is 0. The van der Waals surface area contributed by atoms with Crippen molar-refractivity contribution in [3.63, 3.8) is 0 Å². The summed E-state index contributed by atoms with van der Waals surface area (Å²) in [7, 11) is 0.985. The van der Waals surface area contributed by atoms with Crippen LogP contribution in [0, 0.1) is 0 Å². The lowest BCUT2D eigenvalue weighted by atomic mass is 10.2.